The molecular weight excluding hydrogens is 292 g/mol. The number of hydrogen-bond donors (Lipinski definition) is 1. The fourth-order valence-electron chi connectivity index (χ4n) is 3.32. The van der Waals surface area contributed by atoms with Gasteiger partial charge in [0.2, 0.25) is 5.91 Å². The molecule has 2 aliphatic rings. The number of nitrogens with zero attached hydrogens (tertiary/aromatic N) is 1. The van der Waals surface area contributed by atoms with Gasteiger partial charge in [0, 0.05) is 24.3 Å². The number of amides is 1. The normalized spacial score (nSPS) is 17.7. The molecular formula is C18H26N2OS. The lowest BCUT2D eigenvalue weighted by atomic mass is 9.97. The van der Waals surface area contributed by atoms with Gasteiger partial charge >= 0.3 is 0 Å². The van der Waals surface area contributed by atoms with Crippen LogP contribution in [0.25, 0.3) is 0 Å². The summed E-state index contributed by atoms with van der Waals surface area (Å²) < 4.78 is 0. The molecule has 3 nitrogen and oxygen atoms in total. The minimum Gasteiger partial charge on any atom is -0.356 e. The van der Waals surface area contributed by atoms with E-state index in [9.17, 15) is 4.79 Å². The van der Waals surface area contributed by atoms with Gasteiger partial charge in [0.25, 0.3) is 0 Å². The van der Waals surface area contributed by atoms with Crippen LogP contribution in [-0.4, -0.2) is 17.4 Å². The zero-order valence-corrected chi connectivity index (χ0v) is 14.1. The first-order chi connectivity index (χ1) is 10.8. The third-order valence-corrected chi connectivity index (χ3v) is 5.83. The molecule has 1 amide bonds. The molecule has 1 aromatic heterocycles. The Bertz CT molecular complexity index is 524. The average molecular weight is 318 g/mol. The Kier molecular flexibility index (Phi) is 5.65. The summed E-state index contributed by atoms with van der Waals surface area (Å²) in [4.78, 5) is 18.1. The first kappa shape index (κ1) is 15.7. The number of aryl methyl sites for hydroxylation is 3. The van der Waals surface area contributed by atoms with Crippen molar-refractivity contribution in [1.29, 1.82) is 0 Å². The maximum Gasteiger partial charge on any atom is 0.220 e. The van der Waals surface area contributed by atoms with Crippen LogP contribution < -0.4 is 5.32 Å². The summed E-state index contributed by atoms with van der Waals surface area (Å²) in [5.74, 6) is 0.171. The molecule has 0 unspecified atom stereocenters. The molecule has 0 fully saturated rings. The van der Waals surface area contributed by atoms with E-state index in [1.807, 2.05) is 11.3 Å². The lowest BCUT2D eigenvalue weighted by Gasteiger charge is -2.12. The third-order valence-electron chi connectivity index (χ3n) is 4.61. The van der Waals surface area contributed by atoms with Crippen LogP contribution in [0.2, 0.25) is 0 Å². The predicted molar refractivity (Wildman–Crippen MR) is 91.3 cm³/mol. The Labute approximate surface area is 137 Å². The molecule has 0 saturated heterocycles. The molecule has 120 valence electrons. The lowest BCUT2D eigenvalue weighted by molar-refractivity contribution is -0.121. The van der Waals surface area contributed by atoms with Crippen molar-refractivity contribution >= 4 is 17.2 Å². The van der Waals surface area contributed by atoms with Crippen LogP contribution in [0, 0.1) is 0 Å². The number of hydrogen-bond acceptors (Lipinski definition) is 3. The monoisotopic (exact) mass is 318 g/mol. The van der Waals surface area contributed by atoms with Crippen LogP contribution in [0.4, 0.5) is 0 Å². The molecule has 22 heavy (non-hydrogen) atoms. The number of aromatic nitrogens is 1. The largest absolute Gasteiger partial charge is 0.356 e. The minimum atomic E-state index is 0.171. The number of thiazole rings is 1. The minimum absolute atomic E-state index is 0.171. The smallest absolute Gasteiger partial charge is 0.220 e. The summed E-state index contributed by atoms with van der Waals surface area (Å²) >= 11 is 1.82. The van der Waals surface area contributed by atoms with Crippen LogP contribution in [0.5, 0.6) is 0 Å². The molecule has 0 spiro atoms. The van der Waals surface area contributed by atoms with Crippen molar-refractivity contribution in [2.45, 2.75) is 70.6 Å². The van der Waals surface area contributed by atoms with Crippen molar-refractivity contribution in [1.82, 2.24) is 10.3 Å². The molecule has 0 aromatic carbocycles. The van der Waals surface area contributed by atoms with Gasteiger partial charge in [-0.3, -0.25) is 4.79 Å². The van der Waals surface area contributed by atoms with Gasteiger partial charge in [-0.1, -0.05) is 11.6 Å². The molecule has 0 atom stereocenters. The first-order valence-corrected chi connectivity index (χ1v) is 9.55. The lowest BCUT2D eigenvalue weighted by Crippen LogP contribution is -2.25. The molecule has 1 N–H and O–H groups in total. The third kappa shape index (κ3) is 4.42. The fourth-order valence-corrected chi connectivity index (χ4v) is 4.47. The summed E-state index contributed by atoms with van der Waals surface area (Å²) in [6.07, 6.45) is 14.7. The van der Waals surface area contributed by atoms with E-state index in [1.165, 1.54) is 61.1 Å². The van der Waals surface area contributed by atoms with Gasteiger partial charge in [0.15, 0.2) is 0 Å². The molecule has 0 bridgehead atoms. The Morgan fingerprint density at radius 3 is 2.82 bits per heavy atom. The van der Waals surface area contributed by atoms with Gasteiger partial charge in [-0.25, -0.2) is 4.98 Å². The summed E-state index contributed by atoms with van der Waals surface area (Å²) in [5.41, 5.74) is 2.83. The number of fused-ring (bicyclic) bond motifs is 1. The summed E-state index contributed by atoms with van der Waals surface area (Å²) in [6, 6.07) is 0. The highest BCUT2D eigenvalue weighted by molar-refractivity contribution is 7.11. The summed E-state index contributed by atoms with van der Waals surface area (Å²) in [7, 11) is 0. The fraction of sp³-hybridized carbons (Fsp3) is 0.667. The Morgan fingerprint density at radius 2 is 2.00 bits per heavy atom. The molecule has 4 heteroatoms. The van der Waals surface area contributed by atoms with E-state index in [4.69, 9.17) is 4.98 Å². The van der Waals surface area contributed by atoms with Crippen LogP contribution in [0.1, 0.15) is 66.9 Å². The van der Waals surface area contributed by atoms with E-state index in [0.717, 1.165) is 30.8 Å². The topological polar surface area (TPSA) is 42.0 Å². The van der Waals surface area contributed by atoms with Crippen LogP contribution in [-0.2, 0) is 24.1 Å². The van der Waals surface area contributed by atoms with Crippen molar-refractivity contribution in [3.8, 4) is 0 Å². The van der Waals surface area contributed by atoms with E-state index in [-0.39, 0.29) is 5.91 Å². The standard InChI is InChI=1S/C18H26N2OS/c21-17(19-13-12-14-6-2-1-3-7-14)10-11-18-20-15-8-4-5-9-16(15)22-18/h6H,1-5,7-13H2,(H,19,21). The van der Waals surface area contributed by atoms with E-state index >= 15 is 0 Å². The number of carbonyl (C=O) groups excluding carboxylic acids is 1. The summed E-state index contributed by atoms with van der Waals surface area (Å²) in [5, 5.41) is 4.21. The molecule has 1 aromatic rings. The van der Waals surface area contributed by atoms with Crippen molar-refractivity contribution in [2.24, 2.45) is 0 Å². The van der Waals surface area contributed by atoms with E-state index in [1.54, 1.807) is 0 Å². The second-order valence-electron chi connectivity index (χ2n) is 6.39. The van der Waals surface area contributed by atoms with E-state index in [2.05, 4.69) is 11.4 Å². The molecule has 2 aliphatic carbocycles. The highest BCUT2D eigenvalue weighted by atomic mass is 32.1. The number of carbonyl (C=O) groups is 1. The van der Waals surface area contributed by atoms with Gasteiger partial charge < -0.3 is 5.32 Å². The van der Waals surface area contributed by atoms with Crippen molar-refractivity contribution in [2.75, 3.05) is 6.54 Å². The van der Waals surface area contributed by atoms with Crippen molar-refractivity contribution in [3.63, 3.8) is 0 Å². The first-order valence-electron chi connectivity index (χ1n) is 8.73. The second-order valence-corrected chi connectivity index (χ2v) is 7.56. The zero-order valence-electron chi connectivity index (χ0n) is 13.3. The molecule has 0 radical (unpaired) electrons. The van der Waals surface area contributed by atoms with Crippen LogP contribution >= 0.6 is 11.3 Å². The number of rotatable bonds is 6. The molecule has 1 heterocycles. The van der Waals surface area contributed by atoms with E-state index in [0.29, 0.717) is 6.42 Å². The van der Waals surface area contributed by atoms with Crippen molar-refractivity contribution < 1.29 is 4.79 Å². The number of allylic oxidation sites excluding steroid dienone is 1. The second kappa shape index (κ2) is 7.91. The predicted octanol–water partition coefficient (Wildman–Crippen LogP) is 3.96. The Hall–Kier alpha value is -1.16. The van der Waals surface area contributed by atoms with Crippen molar-refractivity contribution in [3.05, 3.63) is 27.2 Å². The van der Waals surface area contributed by atoms with Gasteiger partial charge in [-0.2, -0.15) is 0 Å². The zero-order chi connectivity index (χ0) is 15.2. The summed E-state index contributed by atoms with van der Waals surface area (Å²) in [6.45, 7) is 0.791. The maximum absolute atomic E-state index is 11.9. The van der Waals surface area contributed by atoms with Gasteiger partial charge in [0.1, 0.15) is 0 Å². The Balaban J connectivity index is 1.37. The molecule has 0 saturated carbocycles. The van der Waals surface area contributed by atoms with Gasteiger partial charge in [-0.15, -0.1) is 11.3 Å². The quantitative estimate of drug-likeness (QED) is 0.807. The molecule has 0 aliphatic heterocycles. The molecule has 3 rings (SSSR count). The highest BCUT2D eigenvalue weighted by Crippen LogP contribution is 2.27. The van der Waals surface area contributed by atoms with Crippen LogP contribution in [0.3, 0.4) is 0 Å². The van der Waals surface area contributed by atoms with Gasteiger partial charge in [-0.05, 0) is 57.8 Å². The Morgan fingerprint density at radius 1 is 1.14 bits per heavy atom. The SMILES string of the molecule is O=C(CCc1nc2c(s1)CCCC2)NCCC1=CCCCC1. The number of nitrogens with one attached hydrogen (secondary N) is 1. The average Bonchev–Trinajstić information content (AvgIpc) is 2.97. The highest BCUT2D eigenvalue weighted by Gasteiger charge is 2.15. The maximum atomic E-state index is 11.9. The van der Waals surface area contributed by atoms with Crippen LogP contribution in [0.15, 0.2) is 11.6 Å². The van der Waals surface area contributed by atoms with E-state index < -0.39 is 0 Å². The van der Waals surface area contributed by atoms with Gasteiger partial charge in [0.05, 0.1) is 10.7 Å².